The summed E-state index contributed by atoms with van der Waals surface area (Å²) in [5, 5.41) is 11.0. The highest BCUT2D eigenvalue weighted by Crippen LogP contribution is 2.34. The van der Waals surface area contributed by atoms with Gasteiger partial charge < -0.3 is 5.11 Å². The van der Waals surface area contributed by atoms with Gasteiger partial charge in [0.15, 0.2) is 9.84 Å². The summed E-state index contributed by atoms with van der Waals surface area (Å²) in [6, 6.07) is -0.980. The fourth-order valence-corrected chi connectivity index (χ4v) is 4.33. The van der Waals surface area contributed by atoms with Crippen molar-refractivity contribution in [3.63, 3.8) is 0 Å². The van der Waals surface area contributed by atoms with E-state index in [0.717, 1.165) is 24.3 Å². The molecule has 2 atom stereocenters. The Hall–Kier alpha value is -1.68. The fraction of sp³-hybridized carbons (Fsp3) is 0.533. The molecule has 1 aliphatic rings. The molecule has 0 radical (unpaired) electrons. The third-order valence-electron chi connectivity index (χ3n) is 3.80. The predicted molar refractivity (Wildman–Crippen MR) is 81.1 cm³/mol. The lowest BCUT2D eigenvalue weighted by molar-refractivity contribution is -0.162. The minimum Gasteiger partial charge on any atom is -0.480 e. The van der Waals surface area contributed by atoms with Gasteiger partial charge in [0, 0.05) is 0 Å². The van der Waals surface area contributed by atoms with Gasteiger partial charge in [-0.15, -0.1) is 0 Å². The first-order valence-corrected chi connectivity index (χ1v) is 9.31. The minimum atomic E-state index is -4.88. The second kappa shape index (κ2) is 7.28. The van der Waals surface area contributed by atoms with E-state index in [0.29, 0.717) is 12.8 Å². The van der Waals surface area contributed by atoms with Crippen LogP contribution in [0.2, 0.25) is 0 Å². The Kier molecular flexibility index (Phi) is 5.72. The maximum atomic E-state index is 13.3. The average Bonchev–Trinajstić information content (AvgIpc) is 3.26. The SMILES string of the molecule is O=C(O)C(CS(=O)(=O)CC1CC1)N[C@@H](c1ccc(F)cc1)C(F)(F)F. The molecule has 0 aromatic heterocycles. The van der Waals surface area contributed by atoms with E-state index < -0.39 is 51.2 Å². The molecular weight excluding hydrogens is 366 g/mol. The van der Waals surface area contributed by atoms with E-state index >= 15 is 0 Å². The van der Waals surface area contributed by atoms with Crippen molar-refractivity contribution >= 4 is 15.8 Å². The van der Waals surface area contributed by atoms with Crippen LogP contribution in [-0.4, -0.2) is 43.2 Å². The number of sulfone groups is 1. The van der Waals surface area contributed by atoms with Crippen molar-refractivity contribution in [3.8, 4) is 0 Å². The standard InChI is InChI=1S/C15H17F4NO4S/c16-11-5-3-10(4-6-11)13(15(17,18)19)20-12(14(21)22)8-25(23,24)7-9-1-2-9/h3-6,9,12-13,20H,1-2,7-8H2,(H,21,22)/t12?,13-/m0/s1. The number of aliphatic carboxylic acids is 1. The van der Waals surface area contributed by atoms with Crippen molar-refractivity contribution in [1.82, 2.24) is 5.32 Å². The van der Waals surface area contributed by atoms with Gasteiger partial charge >= 0.3 is 12.1 Å². The first kappa shape index (κ1) is 19.6. The third kappa shape index (κ3) is 5.96. The van der Waals surface area contributed by atoms with Gasteiger partial charge in [0.2, 0.25) is 0 Å². The van der Waals surface area contributed by atoms with Gasteiger partial charge in [0.1, 0.15) is 17.9 Å². The predicted octanol–water partition coefficient (Wildman–Crippen LogP) is 2.30. The largest absolute Gasteiger partial charge is 0.480 e. The van der Waals surface area contributed by atoms with Gasteiger partial charge in [-0.3, -0.25) is 10.1 Å². The molecule has 2 rings (SSSR count). The number of carboxylic acids is 1. The number of nitrogens with one attached hydrogen (secondary N) is 1. The van der Waals surface area contributed by atoms with Crippen molar-refractivity contribution in [2.75, 3.05) is 11.5 Å². The summed E-state index contributed by atoms with van der Waals surface area (Å²) in [6.07, 6.45) is -3.46. The molecule has 0 aliphatic heterocycles. The van der Waals surface area contributed by atoms with Crippen LogP contribution in [0.5, 0.6) is 0 Å². The Morgan fingerprint density at radius 1 is 1.24 bits per heavy atom. The van der Waals surface area contributed by atoms with Gasteiger partial charge in [-0.2, -0.15) is 13.2 Å². The third-order valence-corrected chi connectivity index (χ3v) is 5.62. The van der Waals surface area contributed by atoms with E-state index in [1.807, 2.05) is 5.32 Å². The molecule has 1 aliphatic carbocycles. The lowest BCUT2D eigenvalue weighted by atomic mass is 10.1. The second-order valence-corrected chi connectivity index (χ2v) is 8.26. The molecule has 10 heteroatoms. The number of carboxylic acid groups (broad SMARTS) is 1. The lowest BCUT2D eigenvalue weighted by Crippen LogP contribution is -2.48. The number of hydrogen-bond acceptors (Lipinski definition) is 4. The normalized spacial score (nSPS) is 17.9. The molecule has 0 bridgehead atoms. The number of rotatable bonds is 8. The zero-order valence-electron chi connectivity index (χ0n) is 13.0. The first-order chi connectivity index (χ1) is 11.5. The van der Waals surface area contributed by atoms with Crippen LogP contribution in [0, 0.1) is 11.7 Å². The summed E-state index contributed by atoms with van der Waals surface area (Å²) < 4.78 is 76.7. The van der Waals surface area contributed by atoms with E-state index in [2.05, 4.69) is 0 Å². The van der Waals surface area contributed by atoms with Crippen LogP contribution in [0.3, 0.4) is 0 Å². The number of alkyl halides is 3. The molecule has 0 saturated heterocycles. The molecule has 140 valence electrons. The van der Waals surface area contributed by atoms with Crippen LogP contribution >= 0.6 is 0 Å². The van der Waals surface area contributed by atoms with Crippen LogP contribution in [0.15, 0.2) is 24.3 Å². The summed E-state index contributed by atoms with van der Waals surface area (Å²) in [6.45, 7) is 0. The molecule has 1 unspecified atom stereocenters. The van der Waals surface area contributed by atoms with Gasteiger partial charge in [-0.1, -0.05) is 12.1 Å². The summed E-state index contributed by atoms with van der Waals surface area (Å²) in [7, 11) is -3.81. The second-order valence-electron chi connectivity index (χ2n) is 6.10. The fourth-order valence-electron chi connectivity index (χ4n) is 2.39. The molecule has 5 nitrogen and oxygen atoms in total. The Bertz CT molecular complexity index is 714. The molecule has 0 amide bonds. The van der Waals surface area contributed by atoms with Crippen LogP contribution in [0.25, 0.3) is 0 Å². The molecular formula is C15H17F4NO4S. The van der Waals surface area contributed by atoms with Gasteiger partial charge in [-0.25, -0.2) is 12.8 Å². The van der Waals surface area contributed by atoms with Crippen molar-refractivity contribution < 1.29 is 35.9 Å². The number of carbonyl (C=O) groups is 1. The molecule has 1 saturated carbocycles. The maximum absolute atomic E-state index is 13.3. The van der Waals surface area contributed by atoms with E-state index in [4.69, 9.17) is 5.11 Å². The number of benzene rings is 1. The molecule has 1 aromatic carbocycles. The smallest absolute Gasteiger partial charge is 0.407 e. The van der Waals surface area contributed by atoms with Crippen molar-refractivity contribution in [3.05, 3.63) is 35.6 Å². The zero-order valence-corrected chi connectivity index (χ0v) is 13.8. The van der Waals surface area contributed by atoms with E-state index in [-0.39, 0.29) is 11.7 Å². The highest BCUT2D eigenvalue weighted by atomic mass is 32.2. The zero-order chi connectivity index (χ0) is 18.8. The van der Waals surface area contributed by atoms with Gasteiger partial charge in [-0.05, 0) is 36.5 Å². The quantitative estimate of drug-likeness (QED) is 0.673. The molecule has 25 heavy (non-hydrogen) atoms. The van der Waals surface area contributed by atoms with Gasteiger partial charge in [0.25, 0.3) is 0 Å². The van der Waals surface area contributed by atoms with Crippen LogP contribution < -0.4 is 5.32 Å². The van der Waals surface area contributed by atoms with Crippen LogP contribution in [0.1, 0.15) is 24.4 Å². The Morgan fingerprint density at radius 2 is 1.80 bits per heavy atom. The van der Waals surface area contributed by atoms with E-state index in [1.54, 1.807) is 0 Å². The van der Waals surface area contributed by atoms with Crippen molar-refractivity contribution in [1.29, 1.82) is 0 Å². The van der Waals surface area contributed by atoms with E-state index in [1.165, 1.54) is 0 Å². The summed E-state index contributed by atoms with van der Waals surface area (Å²) in [5.41, 5.74) is -0.403. The van der Waals surface area contributed by atoms with Gasteiger partial charge in [0.05, 0.1) is 11.5 Å². The highest BCUT2D eigenvalue weighted by molar-refractivity contribution is 7.91. The van der Waals surface area contributed by atoms with Crippen LogP contribution in [0.4, 0.5) is 17.6 Å². The summed E-state index contributed by atoms with van der Waals surface area (Å²) in [5.74, 6) is -3.66. The van der Waals surface area contributed by atoms with Crippen LogP contribution in [-0.2, 0) is 14.6 Å². The molecule has 0 spiro atoms. The highest BCUT2D eigenvalue weighted by Gasteiger charge is 2.44. The number of halogens is 4. The Morgan fingerprint density at radius 3 is 2.24 bits per heavy atom. The van der Waals surface area contributed by atoms with E-state index in [9.17, 15) is 30.8 Å². The summed E-state index contributed by atoms with van der Waals surface area (Å²) >= 11 is 0. The lowest BCUT2D eigenvalue weighted by Gasteiger charge is -2.26. The molecule has 2 N–H and O–H groups in total. The topological polar surface area (TPSA) is 83.5 Å². The maximum Gasteiger partial charge on any atom is 0.407 e. The molecule has 0 heterocycles. The molecule has 1 fully saturated rings. The minimum absolute atomic E-state index is 0.0463. The molecule has 1 aromatic rings. The monoisotopic (exact) mass is 383 g/mol. The Balaban J connectivity index is 2.20. The Labute approximate surface area is 142 Å². The van der Waals surface area contributed by atoms with Crippen molar-refractivity contribution in [2.24, 2.45) is 5.92 Å². The average molecular weight is 383 g/mol. The van der Waals surface area contributed by atoms with Crippen molar-refractivity contribution in [2.45, 2.75) is 31.1 Å². The first-order valence-electron chi connectivity index (χ1n) is 7.49. The summed E-state index contributed by atoms with van der Waals surface area (Å²) in [4.78, 5) is 11.3. The number of hydrogen-bond donors (Lipinski definition) is 2.